The molecule has 0 fully saturated rings. The second-order valence-electron chi connectivity index (χ2n) is 8.68. The van der Waals surface area contributed by atoms with E-state index in [2.05, 4.69) is 20.9 Å². The molecule has 2 amide bonds. The minimum Gasteiger partial charge on any atom is -0.326 e. The number of carbonyl (C=O) groups excluding carboxylic acids is 2. The van der Waals surface area contributed by atoms with Gasteiger partial charge in [-0.15, -0.1) is 0 Å². The number of amides is 2. The van der Waals surface area contributed by atoms with E-state index in [-0.39, 0.29) is 37.1 Å². The first kappa shape index (κ1) is 29.0. The number of carbonyl (C=O) groups is 2. The number of hydrogen-bond acceptors (Lipinski definition) is 10. The van der Waals surface area contributed by atoms with Gasteiger partial charge in [0.25, 0.3) is 11.4 Å². The second-order valence-corrected chi connectivity index (χ2v) is 8.68. The van der Waals surface area contributed by atoms with Gasteiger partial charge in [0.05, 0.1) is 22.0 Å². The highest BCUT2D eigenvalue weighted by Crippen LogP contribution is 2.24. The number of non-ortho nitro benzene ring substituents is 2. The molecule has 0 aliphatic rings. The maximum atomic E-state index is 12.3. The van der Waals surface area contributed by atoms with Crippen molar-refractivity contribution in [3.63, 3.8) is 0 Å². The number of nitro benzene ring substituents is 2. The summed E-state index contributed by atoms with van der Waals surface area (Å²) in [6, 6.07) is 14.5. The Morgan fingerprint density at radius 2 is 1.08 bits per heavy atom. The largest absolute Gasteiger partial charge is 0.326 e. The fraction of sp³-hybridized carbons (Fsp3) is 0.333. The van der Waals surface area contributed by atoms with Crippen LogP contribution in [0.25, 0.3) is 0 Å². The molecule has 2 aromatic carbocycles. The van der Waals surface area contributed by atoms with Crippen molar-refractivity contribution >= 4 is 34.6 Å². The van der Waals surface area contributed by atoms with Gasteiger partial charge in [0.1, 0.15) is 0 Å². The van der Waals surface area contributed by atoms with E-state index < -0.39 is 32.7 Å². The summed E-state index contributed by atoms with van der Waals surface area (Å²) in [5.41, 5.74) is -2.39. The van der Waals surface area contributed by atoms with E-state index in [1.54, 1.807) is 0 Å². The van der Waals surface area contributed by atoms with Crippen molar-refractivity contribution in [3.8, 4) is 12.1 Å². The number of azo groups is 1. The molecule has 0 aliphatic carbocycles. The van der Waals surface area contributed by atoms with Gasteiger partial charge in [-0.25, -0.2) is 0 Å². The molecule has 14 nitrogen and oxygen atoms in total. The van der Waals surface area contributed by atoms with Crippen LogP contribution in [-0.2, 0) is 9.59 Å². The minimum atomic E-state index is -1.42. The zero-order chi connectivity index (χ0) is 28.3. The number of nitrogens with zero attached hydrogens (tertiary/aromatic N) is 6. The van der Waals surface area contributed by atoms with Crippen LogP contribution in [0.3, 0.4) is 0 Å². The predicted molar refractivity (Wildman–Crippen MR) is 135 cm³/mol. The normalized spacial score (nSPS) is 13.8. The highest BCUT2D eigenvalue weighted by molar-refractivity contribution is 5.91. The molecule has 2 rings (SSSR count). The first-order valence-corrected chi connectivity index (χ1v) is 11.2. The van der Waals surface area contributed by atoms with Gasteiger partial charge >= 0.3 is 0 Å². The Morgan fingerprint density at radius 1 is 0.763 bits per heavy atom. The molecule has 38 heavy (non-hydrogen) atoms. The lowest BCUT2D eigenvalue weighted by molar-refractivity contribution is -0.385. The quantitative estimate of drug-likeness (QED) is 0.227. The number of rotatable bonds is 12. The highest BCUT2D eigenvalue weighted by atomic mass is 16.6. The standard InChI is InChI=1S/C24H24N8O6/c1-23(15-25,13-11-21(33)27-17-3-7-19(8-4-17)31(35)36)29-30-24(2,16-26)14-12-22(34)28-18-5-9-20(10-6-18)32(37)38/h3-10H,11-14H2,1-2H3,(H,27,33)(H,28,34). The summed E-state index contributed by atoms with van der Waals surface area (Å²) in [5, 5.41) is 53.8. The minimum absolute atomic E-state index is 0.0199. The van der Waals surface area contributed by atoms with Gasteiger partial charge in [-0.2, -0.15) is 20.8 Å². The third kappa shape index (κ3) is 8.76. The fourth-order valence-corrected chi connectivity index (χ4v) is 2.97. The molecule has 0 radical (unpaired) electrons. The van der Waals surface area contributed by atoms with Crippen LogP contribution in [-0.4, -0.2) is 32.7 Å². The van der Waals surface area contributed by atoms with Crippen LogP contribution in [0.2, 0.25) is 0 Å². The number of hydrogen-bond donors (Lipinski definition) is 2. The average molecular weight is 521 g/mol. The highest BCUT2D eigenvalue weighted by Gasteiger charge is 2.29. The lowest BCUT2D eigenvalue weighted by Crippen LogP contribution is -2.26. The van der Waals surface area contributed by atoms with Crippen molar-refractivity contribution in [2.24, 2.45) is 10.2 Å². The maximum Gasteiger partial charge on any atom is 0.269 e. The zero-order valence-electron chi connectivity index (χ0n) is 20.6. The van der Waals surface area contributed by atoms with Crippen LogP contribution >= 0.6 is 0 Å². The van der Waals surface area contributed by atoms with Gasteiger partial charge in [-0.05, 0) is 51.0 Å². The van der Waals surface area contributed by atoms with Gasteiger partial charge in [0.2, 0.25) is 11.8 Å². The molecule has 0 heterocycles. The number of benzene rings is 2. The summed E-state index contributed by atoms with van der Waals surface area (Å²) < 4.78 is 0. The molecule has 0 spiro atoms. The second kappa shape index (κ2) is 12.6. The molecule has 2 N–H and O–H groups in total. The van der Waals surface area contributed by atoms with E-state index in [1.807, 2.05) is 12.1 Å². The Hall–Kier alpha value is -5.24. The Balaban J connectivity index is 1.92. The van der Waals surface area contributed by atoms with Crippen LogP contribution in [0.15, 0.2) is 58.8 Å². The number of nitriles is 2. The molecule has 2 aromatic rings. The predicted octanol–water partition coefficient (Wildman–Crippen LogP) is 4.66. The molecule has 196 valence electrons. The van der Waals surface area contributed by atoms with E-state index in [4.69, 9.17) is 0 Å². The van der Waals surface area contributed by atoms with Gasteiger partial charge in [0, 0.05) is 48.5 Å². The molecule has 0 saturated heterocycles. The van der Waals surface area contributed by atoms with Crippen LogP contribution < -0.4 is 10.6 Å². The van der Waals surface area contributed by atoms with Gasteiger partial charge < -0.3 is 10.6 Å². The van der Waals surface area contributed by atoms with Crippen molar-refractivity contribution in [1.82, 2.24) is 0 Å². The van der Waals surface area contributed by atoms with Crippen LogP contribution in [0.1, 0.15) is 39.5 Å². The van der Waals surface area contributed by atoms with Crippen molar-refractivity contribution in [3.05, 3.63) is 68.8 Å². The average Bonchev–Trinajstić information content (AvgIpc) is 2.90. The number of nitrogens with one attached hydrogen (secondary N) is 2. The van der Waals surface area contributed by atoms with E-state index in [0.29, 0.717) is 11.4 Å². The molecule has 0 aliphatic heterocycles. The van der Waals surface area contributed by atoms with Crippen molar-refractivity contribution in [2.45, 2.75) is 50.6 Å². The molecule has 0 saturated carbocycles. The first-order valence-electron chi connectivity index (χ1n) is 11.2. The summed E-state index contributed by atoms with van der Waals surface area (Å²) in [7, 11) is 0. The molecular formula is C24H24N8O6. The SMILES string of the molecule is CC(C#N)(CCC(=O)Nc1ccc([N+](=O)[O-])cc1)N=NC(C)(C#N)CCC(=O)Nc1ccc([N+](=O)[O-])cc1. The van der Waals surface area contributed by atoms with Gasteiger partial charge in [-0.1, -0.05) is 0 Å². The third-order valence-electron chi connectivity index (χ3n) is 5.37. The summed E-state index contributed by atoms with van der Waals surface area (Å²) in [6.07, 6.45) is -0.260. The summed E-state index contributed by atoms with van der Waals surface area (Å²) in [5.74, 6) is -0.886. The fourth-order valence-electron chi connectivity index (χ4n) is 2.97. The maximum absolute atomic E-state index is 12.3. The third-order valence-corrected chi connectivity index (χ3v) is 5.37. The Morgan fingerprint density at radius 3 is 1.34 bits per heavy atom. The molecule has 0 bridgehead atoms. The zero-order valence-corrected chi connectivity index (χ0v) is 20.6. The Kier molecular flexibility index (Phi) is 9.64. The van der Waals surface area contributed by atoms with E-state index >= 15 is 0 Å². The van der Waals surface area contributed by atoms with E-state index in [0.717, 1.165) is 0 Å². The van der Waals surface area contributed by atoms with Gasteiger partial charge in [-0.3, -0.25) is 29.8 Å². The number of anilines is 2. The monoisotopic (exact) mass is 520 g/mol. The lowest BCUT2D eigenvalue weighted by Gasteiger charge is -2.19. The smallest absolute Gasteiger partial charge is 0.269 e. The van der Waals surface area contributed by atoms with Gasteiger partial charge in [0.15, 0.2) is 11.1 Å². The van der Waals surface area contributed by atoms with Crippen LogP contribution in [0.5, 0.6) is 0 Å². The van der Waals surface area contributed by atoms with Crippen molar-refractivity contribution in [1.29, 1.82) is 10.5 Å². The molecule has 0 aromatic heterocycles. The number of nitro groups is 2. The summed E-state index contributed by atoms with van der Waals surface area (Å²) >= 11 is 0. The molecular weight excluding hydrogens is 496 g/mol. The summed E-state index contributed by atoms with van der Waals surface area (Å²) in [6.45, 7) is 2.91. The van der Waals surface area contributed by atoms with Crippen molar-refractivity contribution in [2.75, 3.05) is 10.6 Å². The van der Waals surface area contributed by atoms with Crippen LogP contribution in [0, 0.1) is 42.9 Å². The van der Waals surface area contributed by atoms with E-state index in [1.165, 1.54) is 62.4 Å². The molecule has 14 heteroatoms. The van der Waals surface area contributed by atoms with Crippen molar-refractivity contribution < 1.29 is 19.4 Å². The Labute approximate surface area is 217 Å². The Bertz CT molecular complexity index is 1210. The summed E-state index contributed by atoms with van der Waals surface area (Å²) in [4.78, 5) is 44.9. The lowest BCUT2D eigenvalue weighted by atomic mass is 9.97. The van der Waals surface area contributed by atoms with Crippen LogP contribution in [0.4, 0.5) is 22.7 Å². The van der Waals surface area contributed by atoms with E-state index in [9.17, 15) is 40.3 Å². The molecule has 2 unspecified atom stereocenters. The topological polar surface area (TPSA) is 217 Å². The first-order chi connectivity index (χ1) is 17.9. The molecule has 2 atom stereocenters.